The molecule has 0 aromatic rings. The summed E-state index contributed by atoms with van der Waals surface area (Å²) in [6.45, 7) is 7.05. The molecule has 0 amide bonds. The van der Waals surface area contributed by atoms with E-state index < -0.39 is 0 Å². The van der Waals surface area contributed by atoms with E-state index in [0.29, 0.717) is 32.8 Å². The van der Waals surface area contributed by atoms with Gasteiger partial charge in [-0.3, -0.25) is 4.79 Å². The van der Waals surface area contributed by atoms with Crippen LogP contribution in [-0.2, 0) is 19.0 Å². The van der Waals surface area contributed by atoms with Gasteiger partial charge < -0.3 is 14.2 Å². The molecule has 0 aliphatic rings. The molecule has 144 valence electrons. The van der Waals surface area contributed by atoms with E-state index in [-0.39, 0.29) is 5.97 Å². The van der Waals surface area contributed by atoms with Crippen molar-refractivity contribution in [3.8, 4) is 0 Å². The molecular weight excluding hydrogens is 304 g/mol. The molecule has 0 N–H and O–H groups in total. The van der Waals surface area contributed by atoms with Crippen LogP contribution >= 0.6 is 0 Å². The molecule has 0 spiro atoms. The van der Waals surface area contributed by atoms with Gasteiger partial charge >= 0.3 is 5.97 Å². The zero-order valence-corrected chi connectivity index (χ0v) is 16.2. The first-order valence-electron chi connectivity index (χ1n) is 10.1. The van der Waals surface area contributed by atoms with Crippen LogP contribution in [-0.4, -0.2) is 39.0 Å². The minimum Gasteiger partial charge on any atom is -0.463 e. The highest BCUT2D eigenvalue weighted by molar-refractivity contribution is 5.69. The zero-order chi connectivity index (χ0) is 17.7. The van der Waals surface area contributed by atoms with Crippen molar-refractivity contribution >= 4 is 5.97 Å². The third-order valence-corrected chi connectivity index (χ3v) is 3.96. The molecule has 0 aliphatic heterocycles. The summed E-state index contributed by atoms with van der Waals surface area (Å²) in [5.41, 5.74) is 0. The Bertz CT molecular complexity index is 256. The highest BCUT2D eigenvalue weighted by Gasteiger charge is 1.99. The van der Waals surface area contributed by atoms with E-state index >= 15 is 0 Å². The lowest BCUT2D eigenvalue weighted by Crippen LogP contribution is -2.12. The van der Waals surface area contributed by atoms with Crippen molar-refractivity contribution in [3.63, 3.8) is 0 Å². The SMILES string of the molecule is CCCCCCCCCCCCOCCOCCOC(=O)CCC. The summed E-state index contributed by atoms with van der Waals surface area (Å²) >= 11 is 0. The van der Waals surface area contributed by atoms with Gasteiger partial charge in [-0.2, -0.15) is 0 Å². The van der Waals surface area contributed by atoms with Gasteiger partial charge in [-0.1, -0.05) is 71.6 Å². The summed E-state index contributed by atoms with van der Waals surface area (Å²) in [4.78, 5) is 11.1. The fourth-order valence-corrected chi connectivity index (χ4v) is 2.50. The first-order chi connectivity index (χ1) is 11.8. The van der Waals surface area contributed by atoms with Crippen molar-refractivity contribution in [3.05, 3.63) is 0 Å². The smallest absolute Gasteiger partial charge is 0.305 e. The van der Waals surface area contributed by atoms with Gasteiger partial charge in [-0.05, 0) is 12.8 Å². The Balaban J connectivity index is 3.01. The fourth-order valence-electron chi connectivity index (χ4n) is 2.50. The van der Waals surface area contributed by atoms with E-state index in [1.54, 1.807) is 0 Å². The van der Waals surface area contributed by atoms with Gasteiger partial charge in [0, 0.05) is 13.0 Å². The number of ether oxygens (including phenoxy) is 3. The van der Waals surface area contributed by atoms with Gasteiger partial charge in [0.25, 0.3) is 0 Å². The number of rotatable bonds is 19. The van der Waals surface area contributed by atoms with Crippen LogP contribution in [0.4, 0.5) is 0 Å². The molecule has 0 aromatic carbocycles. The highest BCUT2D eigenvalue weighted by atomic mass is 16.6. The van der Waals surface area contributed by atoms with Crippen molar-refractivity contribution < 1.29 is 19.0 Å². The summed E-state index contributed by atoms with van der Waals surface area (Å²) in [5.74, 6) is -0.140. The van der Waals surface area contributed by atoms with Gasteiger partial charge in [0.2, 0.25) is 0 Å². The lowest BCUT2D eigenvalue weighted by atomic mass is 10.1. The van der Waals surface area contributed by atoms with Crippen molar-refractivity contribution in [2.75, 3.05) is 33.0 Å². The van der Waals surface area contributed by atoms with Crippen LogP contribution in [0.2, 0.25) is 0 Å². The van der Waals surface area contributed by atoms with Gasteiger partial charge in [0.05, 0.1) is 19.8 Å². The van der Waals surface area contributed by atoms with Crippen LogP contribution in [0.3, 0.4) is 0 Å². The summed E-state index contributed by atoms with van der Waals surface area (Å²) < 4.78 is 15.9. The van der Waals surface area contributed by atoms with Crippen LogP contribution in [0, 0.1) is 0 Å². The third-order valence-electron chi connectivity index (χ3n) is 3.96. The molecule has 0 heterocycles. The van der Waals surface area contributed by atoms with E-state index in [0.717, 1.165) is 19.4 Å². The Morgan fingerprint density at radius 1 is 0.583 bits per heavy atom. The molecule has 0 aliphatic carbocycles. The van der Waals surface area contributed by atoms with Crippen LogP contribution < -0.4 is 0 Å². The number of carbonyl (C=O) groups is 1. The molecule has 0 saturated heterocycles. The predicted octanol–water partition coefficient (Wildman–Crippen LogP) is 5.28. The molecule has 4 heteroatoms. The molecule has 24 heavy (non-hydrogen) atoms. The van der Waals surface area contributed by atoms with E-state index in [9.17, 15) is 4.79 Å². The second-order valence-corrected chi connectivity index (χ2v) is 6.38. The largest absolute Gasteiger partial charge is 0.463 e. The summed E-state index contributed by atoms with van der Waals surface area (Å²) in [5, 5.41) is 0. The normalized spacial score (nSPS) is 10.9. The number of hydrogen-bond donors (Lipinski definition) is 0. The van der Waals surface area contributed by atoms with Crippen LogP contribution in [0.15, 0.2) is 0 Å². The zero-order valence-electron chi connectivity index (χ0n) is 16.2. The van der Waals surface area contributed by atoms with Crippen molar-refractivity contribution in [2.24, 2.45) is 0 Å². The molecule has 0 saturated carbocycles. The molecule has 0 atom stereocenters. The van der Waals surface area contributed by atoms with Crippen LogP contribution in [0.5, 0.6) is 0 Å². The van der Waals surface area contributed by atoms with Crippen molar-refractivity contribution in [1.82, 2.24) is 0 Å². The van der Waals surface area contributed by atoms with Crippen molar-refractivity contribution in [2.45, 2.75) is 90.9 Å². The molecular formula is C20H40O4. The van der Waals surface area contributed by atoms with E-state index in [1.807, 2.05) is 6.92 Å². The maximum Gasteiger partial charge on any atom is 0.305 e. The number of carbonyl (C=O) groups excluding carboxylic acids is 1. The molecule has 0 radical (unpaired) electrons. The van der Waals surface area contributed by atoms with E-state index in [1.165, 1.54) is 57.8 Å². The van der Waals surface area contributed by atoms with Crippen LogP contribution in [0.25, 0.3) is 0 Å². The Labute approximate surface area is 149 Å². The quantitative estimate of drug-likeness (QED) is 0.236. The average Bonchev–Trinajstić information content (AvgIpc) is 2.58. The predicted molar refractivity (Wildman–Crippen MR) is 99.3 cm³/mol. The number of hydrogen-bond acceptors (Lipinski definition) is 4. The molecule has 0 bridgehead atoms. The maximum absolute atomic E-state index is 11.1. The standard InChI is InChI=1S/C20H40O4/c1-3-5-6-7-8-9-10-11-12-13-15-22-16-17-23-18-19-24-20(21)14-4-2/h3-19H2,1-2H3. The minimum absolute atomic E-state index is 0.140. The van der Waals surface area contributed by atoms with Gasteiger partial charge in [0.1, 0.15) is 6.61 Å². The van der Waals surface area contributed by atoms with Gasteiger partial charge in [-0.15, -0.1) is 0 Å². The Kier molecular flexibility index (Phi) is 19.9. The molecule has 0 unspecified atom stereocenters. The second kappa shape index (κ2) is 20.4. The molecule has 0 rings (SSSR count). The topological polar surface area (TPSA) is 44.8 Å². The summed E-state index contributed by atoms with van der Waals surface area (Å²) in [7, 11) is 0. The van der Waals surface area contributed by atoms with Gasteiger partial charge in [0.15, 0.2) is 0 Å². The first kappa shape index (κ1) is 23.4. The average molecular weight is 345 g/mol. The minimum atomic E-state index is -0.140. The second-order valence-electron chi connectivity index (χ2n) is 6.38. The van der Waals surface area contributed by atoms with Crippen LogP contribution in [0.1, 0.15) is 90.9 Å². The number of esters is 1. The van der Waals surface area contributed by atoms with Crippen molar-refractivity contribution in [1.29, 1.82) is 0 Å². The van der Waals surface area contributed by atoms with E-state index in [2.05, 4.69) is 6.92 Å². The lowest BCUT2D eigenvalue weighted by molar-refractivity contribution is -0.145. The Morgan fingerprint density at radius 3 is 1.67 bits per heavy atom. The van der Waals surface area contributed by atoms with E-state index in [4.69, 9.17) is 14.2 Å². The summed E-state index contributed by atoms with van der Waals surface area (Å²) in [6, 6.07) is 0. The fraction of sp³-hybridized carbons (Fsp3) is 0.950. The lowest BCUT2D eigenvalue weighted by Gasteiger charge is -2.07. The Morgan fingerprint density at radius 2 is 1.08 bits per heavy atom. The molecule has 0 fully saturated rings. The van der Waals surface area contributed by atoms with Gasteiger partial charge in [-0.25, -0.2) is 0 Å². The number of unbranched alkanes of at least 4 members (excludes halogenated alkanes) is 9. The first-order valence-corrected chi connectivity index (χ1v) is 10.1. The monoisotopic (exact) mass is 344 g/mol. The highest BCUT2D eigenvalue weighted by Crippen LogP contribution is 2.10. The Hall–Kier alpha value is -0.610. The molecule has 4 nitrogen and oxygen atoms in total. The third kappa shape index (κ3) is 19.4. The molecule has 0 aromatic heterocycles. The maximum atomic E-state index is 11.1. The summed E-state index contributed by atoms with van der Waals surface area (Å²) in [6.07, 6.45) is 14.8.